The molecule has 0 bridgehead atoms. The lowest BCUT2D eigenvalue weighted by Gasteiger charge is -2.45. The number of benzene rings is 2. The van der Waals surface area contributed by atoms with Crippen LogP contribution >= 0.6 is 0 Å². The van der Waals surface area contributed by atoms with E-state index in [-0.39, 0.29) is 12.2 Å². The highest BCUT2D eigenvalue weighted by atomic mass is 16.5. The lowest BCUT2D eigenvalue weighted by Crippen LogP contribution is -2.47. The number of piperidine rings is 1. The van der Waals surface area contributed by atoms with Gasteiger partial charge in [0.25, 0.3) is 0 Å². The molecule has 0 saturated carbocycles. The molecule has 0 aliphatic carbocycles. The lowest BCUT2D eigenvalue weighted by molar-refractivity contribution is -0.0767. The summed E-state index contributed by atoms with van der Waals surface area (Å²) in [6, 6.07) is 14.7. The van der Waals surface area contributed by atoms with E-state index in [1.54, 1.807) is 7.11 Å². The van der Waals surface area contributed by atoms with E-state index in [1.165, 1.54) is 16.7 Å². The maximum atomic E-state index is 9.98. The first-order valence-corrected chi connectivity index (χ1v) is 10.7. The Hall–Kier alpha value is -2.63. The topological polar surface area (TPSA) is 54.8 Å². The molecule has 1 fully saturated rings. The number of nitrogens with zero attached hydrogens (tertiary/aromatic N) is 2. The molecule has 5 nitrogen and oxygen atoms in total. The number of aryl methyl sites for hydroxylation is 1. The second-order valence-electron chi connectivity index (χ2n) is 8.43. The van der Waals surface area contributed by atoms with Crippen LogP contribution in [0.4, 0.5) is 5.82 Å². The van der Waals surface area contributed by atoms with E-state index in [0.717, 1.165) is 67.0 Å². The standard InChI is InChI=1S/C25H28N2O3/c1-17-3-4-19-14-20(16-28)24(26-23(19)13-17)27-10-8-25(9-11-27)22-6-5-21(29-2)15-18(22)7-12-30-25/h3-6,13-15,28H,7-12,16H2,1-2H3. The van der Waals surface area contributed by atoms with E-state index in [4.69, 9.17) is 14.5 Å². The number of aliphatic hydroxyl groups excluding tert-OH is 1. The number of anilines is 1. The van der Waals surface area contributed by atoms with Crippen LogP contribution in [0.15, 0.2) is 42.5 Å². The first-order valence-electron chi connectivity index (χ1n) is 10.7. The molecule has 156 valence electrons. The number of rotatable bonds is 3. The van der Waals surface area contributed by atoms with Gasteiger partial charge in [-0.25, -0.2) is 4.98 Å². The Labute approximate surface area is 177 Å². The summed E-state index contributed by atoms with van der Waals surface area (Å²) in [5.41, 5.74) is 5.47. The summed E-state index contributed by atoms with van der Waals surface area (Å²) >= 11 is 0. The molecule has 30 heavy (non-hydrogen) atoms. The Morgan fingerprint density at radius 3 is 2.73 bits per heavy atom. The molecule has 3 heterocycles. The van der Waals surface area contributed by atoms with E-state index in [0.29, 0.717) is 0 Å². The average molecular weight is 405 g/mol. The van der Waals surface area contributed by atoms with E-state index >= 15 is 0 Å². The Kier molecular flexibility index (Phi) is 4.88. The summed E-state index contributed by atoms with van der Waals surface area (Å²) < 4.78 is 11.8. The lowest BCUT2D eigenvalue weighted by atomic mass is 9.79. The van der Waals surface area contributed by atoms with Crippen LogP contribution in [0.3, 0.4) is 0 Å². The molecule has 2 aliphatic heterocycles. The first-order chi connectivity index (χ1) is 14.6. The van der Waals surface area contributed by atoms with Crippen molar-refractivity contribution in [2.24, 2.45) is 0 Å². The number of fused-ring (bicyclic) bond motifs is 3. The van der Waals surface area contributed by atoms with Crippen molar-refractivity contribution in [3.63, 3.8) is 0 Å². The van der Waals surface area contributed by atoms with Gasteiger partial charge in [0, 0.05) is 24.0 Å². The fraction of sp³-hybridized carbons (Fsp3) is 0.400. The van der Waals surface area contributed by atoms with Gasteiger partial charge in [0.1, 0.15) is 11.6 Å². The van der Waals surface area contributed by atoms with Crippen LogP contribution in [0, 0.1) is 6.92 Å². The van der Waals surface area contributed by atoms with Gasteiger partial charge in [0.15, 0.2) is 0 Å². The summed E-state index contributed by atoms with van der Waals surface area (Å²) in [6.07, 6.45) is 2.74. The van der Waals surface area contributed by atoms with E-state index in [2.05, 4.69) is 48.2 Å². The number of ether oxygens (including phenoxy) is 2. The van der Waals surface area contributed by atoms with Gasteiger partial charge in [-0.3, -0.25) is 0 Å². The number of pyridine rings is 1. The summed E-state index contributed by atoms with van der Waals surface area (Å²) in [5, 5.41) is 11.1. The predicted octanol–water partition coefficient (Wildman–Crippen LogP) is 4.11. The van der Waals surface area contributed by atoms with Crippen molar-refractivity contribution in [1.29, 1.82) is 0 Å². The minimum atomic E-state index is -0.233. The zero-order valence-electron chi connectivity index (χ0n) is 17.6. The summed E-state index contributed by atoms with van der Waals surface area (Å²) in [6.45, 7) is 4.52. The summed E-state index contributed by atoms with van der Waals surface area (Å²) in [4.78, 5) is 7.24. The molecule has 0 unspecified atom stereocenters. The molecule has 2 aromatic carbocycles. The second kappa shape index (κ2) is 7.56. The predicted molar refractivity (Wildman–Crippen MR) is 118 cm³/mol. The number of hydrogen-bond acceptors (Lipinski definition) is 5. The third-order valence-corrected chi connectivity index (χ3v) is 6.62. The van der Waals surface area contributed by atoms with E-state index in [1.807, 2.05) is 6.07 Å². The van der Waals surface area contributed by atoms with Crippen molar-refractivity contribution in [2.45, 2.75) is 38.4 Å². The molecule has 1 saturated heterocycles. The van der Waals surface area contributed by atoms with Crippen LogP contribution in [0.25, 0.3) is 10.9 Å². The maximum absolute atomic E-state index is 9.98. The molecule has 5 rings (SSSR count). The SMILES string of the molecule is COc1ccc2c(c1)CCOC21CCN(c2nc3cc(C)ccc3cc2CO)CC1. The van der Waals surface area contributed by atoms with Crippen LogP contribution in [-0.4, -0.2) is 36.9 Å². The zero-order valence-corrected chi connectivity index (χ0v) is 17.6. The molecular formula is C25H28N2O3. The number of methoxy groups -OCH3 is 1. The quantitative estimate of drug-likeness (QED) is 0.712. The Balaban J connectivity index is 1.44. The third-order valence-electron chi connectivity index (χ3n) is 6.62. The highest BCUT2D eigenvalue weighted by molar-refractivity contribution is 5.82. The normalized spacial score (nSPS) is 17.9. The van der Waals surface area contributed by atoms with Crippen molar-refractivity contribution >= 4 is 16.7 Å². The van der Waals surface area contributed by atoms with Crippen LogP contribution < -0.4 is 9.64 Å². The smallest absolute Gasteiger partial charge is 0.134 e. The van der Waals surface area contributed by atoms with Gasteiger partial charge in [-0.2, -0.15) is 0 Å². The monoisotopic (exact) mass is 404 g/mol. The fourth-order valence-corrected chi connectivity index (χ4v) is 4.98. The first kappa shape index (κ1) is 19.3. The fourth-order valence-electron chi connectivity index (χ4n) is 4.98. The van der Waals surface area contributed by atoms with Crippen molar-refractivity contribution in [3.05, 3.63) is 64.7 Å². The van der Waals surface area contributed by atoms with Gasteiger partial charge in [-0.15, -0.1) is 0 Å². The van der Waals surface area contributed by atoms with E-state index in [9.17, 15) is 5.11 Å². The number of aliphatic hydroxyl groups is 1. The molecule has 0 atom stereocenters. The minimum Gasteiger partial charge on any atom is -0.497 e. The van der Waals surface area contributed by atoms with Crippen LogP contribution in [0.1, 0.15) is 35.1 Å². The summed E-state index contributed by atoms with van der Waals surface area (Å²) in [5.74, 6) is 1.81. The zero-order chi connectivity index (χ0) is 20.7. The number of hydrogen-bond donors (Lipinski definition) is 1. The molecule has 3 aromatic rings. The van der Waals surface area contributed by atoms with Gasteiger partial charge in [0.05, 0.1) is 31.4 Å². The maximum Gasteiger partial charge on any atom is 0.134 e. The van der Waals surface area contributed by atoms with Crippen molar-refractivity contribution in [2.75, 3.05) is 31.7 Å². The Bertz CT molecular complexity index is 1090. The molecule has 1 spiro atoms. The van der Waals surface area contributed by atoms with Gasteiger partial charge in [-0.05, 0) is 67.1 Å². The minimum absolute atomic E-state index is 0.00702. The molecular weight excluding hydrogens is 376 g/mol. The van der Waals surface area contributed by atoms with Crippen molar-refractivity contribution in [1.82, 2.24) is 4.98 Å². The third kappa shape index (κ3) is 3.22. The van der Waals surface area contributed by atoms with Crippen molar-refractivity contribution in [3.8, 4) is 5.75 Å². The summed E-state index contributed by atoms with van der Waals surface area (Å²) in [7, 11) is 1.71. The molecule has 1 aromatic heterocycles. The molecule has 0 amide bonds. The van der Waals surface area contributed by atoms with E-state index < -0.39 is 0 Å². The van der Waals surface area contributed by atoms with Crippen LogP contribution in [0.2, 0.25) is 0 Å². The number of aromatic nitrogens is 1. The highest BCUT2D eigenvalue weighted by Gasteiger charge is 2.41. The largest absolute Gasteiger partial charge is 0.497 e. The van der Waals surface area contributed by atoms with Gasteiger partial charge in [-0.1, -0.05) is 18.2 Å². The molecule has 5 heteroatoms. The highest BCUT2D eigenvalue weighted by Crippen LogP contribution is 2.43. The Morgan fingerprint density at radius 2 is 1.97 bits per heavy atom. The molecule has 1 N–H and O–H groups in total. The van der Waals surface area contributed by atoms with Gasteiger partial charge in [0.2, 0.25) is 0 Å². The second-order valence-corrected chi connectivity index (χ2v) is 8.43. The van der Waals surface area contributed by atoms with Gasteiger partial charge >= 0.3 is 0 Å². The average Bonchev–Trinajstić information content (AvgIpc) is 2.78. The van der Waals surface area contributed by atoms with Crippen LogP contribution in [-0.2, 0) is 23.4 Å². The van der Waals surface area contributed by atoms with Crippen molar-refractivity contribution < 1.29 is 14.6 Å². The molecule has 0 radical (unpaired) electrons. The Morgan fingerprint density at radius 1 is 1.13 bits per heavy atom. The van der Waals surface area contributed by atoms with Gasteiger partial charge < -0.3 is 19.5 Å². The van der Waals surface area contributed by atoms with Crippen LogP contribution in [0.5, 0.6) is 5.75 Å². The molecule has 2 aliphatic rings.